The Morgan fingerprint density at radius 1 is 1.17 bits per heavy atom. The summed E-state index contributed by atoms with van der Waals surface area (Å²) in [7, 11) is 2.12. The third-order valence-electron chi connectivity index (χ3n) is 5.39. The smallest absolute Gasteiger partial charge is 0.222 e. The van der Waals surface area contributed by atoms with Crippen molar-refractivity contribution in [3.63, 3.8) is 0 Å². The van der Waals surface area contributed by atoms with Crippen LogP contribution in [0.3, 0.4) is 0 Å². The summed E-state index contributed by atoms with van der Waals surface area (Å²) in [5.74, 6) is 1.35. The molecule has 0 radical (unpaired) electrons. The van der Waals surface area contributed by atoms with Crippen molar-refractivity contribution in [1.29, 1.82) is 0 Å². The van der Waals surface area contributed by atoms with Crippen LogP contribution in [0.15, 0.2) is 18.6 Å². The summed E-state index contributed by atoms with van der Waals surface area (Å²) in [5, 5.41) is 0. The van der Waals surface area contributed by atoms with Crippen LogP contribution in [0, 0.1) is 0 Å². The molecule has 132 valence electrons. The number of nitrogens with zero attached hydrogens (tertiary/aromatic N) is 5. The number of carbonyl (C=O) groups excluding carboxylic acids is 1. The molecule has 6 nitrogen and oxygen atoms in total. The molecular formula is C18H29N5O. The van der Waals surface area contributed by atoms with Gasteiger partial charge in [0, 0.05) is 58.4 Å². The van der Waals surface area contributed by atoms with E-state index in [0.29, 0.717) is 11.9 Å². The van der Waals surface area contributed by atoms with Crippen molar-refractivity contribution in [2.75, 3.05) is 44.7 Å². The zero-order chi connectivity index (χ0) is 16.8. The fraction of sp³-hybridized carbons (Fsp3) is 0.722. The molecule has 0 aliphatic carbocycles. The monoisotopic (exact) mass is 331 g/mol. The first-order chi connectivity index (χ1) is 11.7. The summed E-state index contributed by atoms with van der Waals surface area (Å²) in [4.78, 5) is 27.3. The van der Waals surface area contributed by atoms with Gasteiger partial charge in [-0.05, 0) is 31.7 Å². The van der Waals surface area contributed by atoms with Crippen LogP contribution in [0.5, 0.6) is 0 Å². The maximum Gasteiger partial charge on any atom is 0.222 e. The van der Waals surface area contributed by atoms with Gasteiger partial charge in [-0.3, -0.25) is 4.79 Å². The molecular weight excluding hydrogens is 302 g/mol. The van der Waals surface area contributed by atoms with Gasteiger partial charge in [0.1, 0.15) is 12.1 Å². The minimum Gasteiger partial charge on any atom is -0.356 e. The Hall–Kier alpha value is -1.69. The van der Waals surface area contributed by atoms with Crippen LogP contribution in [0.1, 0.15) is 38.5 Å². The topological polar surface area (TPSA) is 52.6 Å². The first-order valence-electron chi connectivity index (χ1n) is 9.23. The standard InChI is InChI=1S/C18H29N5O/c1-21(17-6-9-19-15-20-17)16-7-11-22(12-8-16)13-14-23-10-4-2-3-5-18(23)24/h6,9,15-16H,2-5,7-8,10-14H2,1H3. The van der Waals surface area contributed by atoms with Crippen LogP contribution < -0.4 is 4.90 Å². The molecule has 0 bridgehead atoms. The second kappa shape index (κ2) is 8.42. The summed E-state index contributed by atoms with van der Waals surface area (Å²) < 4.78 is 0. The average molecular weight is 331 g/mol. The van der Waals surface area contributed by atoms with Crippen molar-refractivity contribution in [2.24, 2.45) is 0 Å². The van der Waals surface area contributed by atoms with E-state index < -0.39 is 0 Å². The number of amides is 1. The number of likely N-dealkylation sites (tertiary alicyclic amines) is 2. The number of rotatable bonds is 5. The van der Waals surface area contributed by atoms with E-state index in [4.69, 9.17) is 0 Å². The molecule has 3 heterocycles. The maximum absolute atomic E-state index is 12.1. The van der Waals surface area contributed by atoms with Gasteiger partial charge in [-0.25, -0.2) is 9.97 Å². The van der Waals surface area contributed by atoms with E-state index in [0.717, 1.165) is 70.6 Å². The molecule has 6 heteroatoms. The van der Waals surface area contributed by atoms with E-state index in [-0.39, 0.29) is 0 Å². The van der Waals surface area contributed by atoms with Crippen molar-refractivity contribution < 1.29 is 4.79 Å². The van der Waals surface area contributed by atoms with E-state index >= 15 is 0 Å². The largest absolute Gasteiger partial charge is 0.356 e. The lowest BCUT2D eigenvalue weighted by Gasteiger charge is -2.37. The second-order valence-corrected chi connectivity index (χ2v) is 6.94. The molecule has 2 aliphatic rings. The number of hydrogen-bond acceptors (Lipinski definition) is 5. The molecule has 0 aromatic carbocycles. The van der Waals surface area contributed by atoms with Crippen molar-refractivity contribution in [2.45, 2.75) is 44.6 Å². The fourth-order valence-corrected chi connectivity index (χ4v) is 3.75. The normalized spacial score (nSPS) is 20.9. The first-order valence-corrected chi connectivity index (χ1v) is 9.23. The zero-order valence-corrected chi connectivity index (χ0v) is 14.7. The molecule has 2 fully saturated rings. The summed E-state index contributed by atoms with van der Waals surface area (Å²) in [6.07, 6.45) is 9.87. The SMILES string of the molecule is CN(c1ccncn1)C1CCN(CCN2CCCCCC2=O)CC1. The number of aromatic nitrogens is 2. The predicted molar refractivity (Wildman–Crippen MR) is 94.9 cm³/mol. The highest BCUT2D eigenvalue weighted by molar-refractivity contribution is 5.76. The molecule has 2 saturated heterocycles. The fourth-order valence-electron chi connectivity index (χ4n) is 3.75. The average Bonchev–Trinajstić information content (AvgIpc) is 2.85. The molecule has 0 spiro atoms. The number of anilines is 1. The Labute approximate surface area is 144 Å². The predicted octanol–water partition coefficient (Wildman–Crippen LogP) is 1.78. The van der Waals surface area contributed by atoms with Gasteiger partial charge >= 0.3 is 0 Å². The molecule has 1 amide bonds. The lowest BCUT2D eigenvalue weighted by molar-refractivity contribution is -0.130. The Morgan fingerprint density at radius 3 is 2.75 bits per heavy atom. The van der Waals surface area contributed by atoms with Gasteiger partial charge in [-0.15, -0.1) is 0 Å². The van der Waals surface area contributed by atoms with E-state index in [9.17, 15) is 4.79 Å². The van der Waals surface area contributed by atoms with Crippen LogP contribution in [-0.4, -0.2) is 71.5 Å². The molecule has 0 unspecified atom stereocenters. The van der Waals surface area contributed by atoms with Gasteiger partial charge in [-0.1, -0.05) is 6.42 Å². The van der Waals surface area contributed by atoms with Crippen molar-refractivity contribution in [1.82, 2.24) is 19.8 Å². The zero-order valence-electron chi connectivity index (χ0n) is 14.7. The minimum absolute atomic E-state index is 0.353. The molecule has 24 heavy (non-hydrogen) atoms. The van der Waals surface area contributed by atoms with Gasteiger partial charge in [0.15, 0.2) is 0 Å². The summed E-state index contributed by atoms with van der Waals surface area (Å²) in [6, 6.07) is 2.51. The molecule has 0 saturated carbocycles. The first kappa shape index (κ1) is 17.1. The van der Waals surface area contributed by atoms with E-state index in [1.165, 1.54) is 6.42 Å². The Morgan fingerprint density at radius 2 is 2.00 bits per heavy atom. The third-order valence-corrected chi connectivity index (χ3v) is 5.39. The second-order valence-electron chi connectivity index (χ2n) is 6.94. The van der Waals surface area contributed by atoms with E-state index in [2.05, 4.69) is 31.7 Å². The van der Waals surface area contributed by atoms with E-state index in [1.807, 2.05) is 6.07 Å². The van der Waals surface area contributed by atoms with Crippen LogP contribution in [0.25, 0.3) is 0 Å². The molecule has 1 aromatic heterocycles. The van der Waals surface area contributed by atoms with Gasteiger partial charge < -0.3 is 14.7 Å². The maximum atomic E-state index is 12.1. The summed E-state index contributed by atoms with van der Waals surface area (Å²) in [6.45, 7) is 5.05. The van der Waals surface area contributed by atoms with Crippen molar-refractivity contribution in [3.05, 3.63) is 18.6 Å². The number of piperidine rings is 1. The Bertz CT molecular complexity index is 515. The Balaban J connectivity index is 1.43. The highest BCUT2D eigenvalue weighted by atomic mass is 16.2. The quantitative estimate of drug-likeness (QED) is 0.823. The summed E-state index contributed by atoms with van der Waals surface area (Å²) >= 11 is 0. The highest BCUT2D eigenvalue weighted by Crippen LogP contribution is 2.20. The number of carbonyl (C=O) groups is 1. The summed E-state index contributed by atoms with van der Waals surface area (Å²) in [5.41, 5.74) is 0. The lowest BCUT2D eigenvalue weighted by Crippen LogP contribution is -2.46. The molecule has 0 atom stereocenters. The molecule has 3 rings (SSSR count). The third kappa shape index (κ3) is 4.44. The molecule has 2 aliphatic heterocycles. The van der Waals surface area contributed by atoms with E-state index in [1.54, 1.807) is 12.5 Å². The van der Waals surface area contributed by atoms with Gasteiger partial charge in [0.2, 0.25) is 5.91 Å². The minimum atomic E-state index is 0.353. The molecule has 1 aromatic rings. The number of hydrogen-bond donors (Lipinski definition) is 0. The Kier molecular flexibility index (Phi) is 6.01. The van der Waals surface area contributed by atoms with Crippen molar-refractivity contribution in [3.8, 4) is 0 Å². The highest BCUT2D eigenvalue weighted by Gasteiger charge is 2.24. The van der Waals surface area contributed by atoms with Gasteiger partial charge in [0.25, 0.3) is 0 Å². The van der Waals surface area contributed by atoms with Crippen molar-refractivity contribution >= 4 is 11.7 Å². The van der Waals surface area contributed by atoms with Gasteiger partial charge in [0.05, 0.1) is 0 Å². The van der Waals surface area contributed by atoms with Gasteiger partial charge in [-0.2, -0.15) is 0 Å². The molecule has 0 N–H and O–H groups in total. The van der Waals surface area contributed by atoms with Crippen LogP contribution in [-0.2, 0) is 4.79 Å². The van der Waals surface area contributed by atoms with Crippen LogP contribution in [0.4, 0.5) is 5.82 Å². The van der Waals surface area contributed by atoms with Crippen LogP contribution >= 0.6 is 0 Å². The van der Waals surface area contributed by atoms with Crippen LogP contribution in [0.2, 0.25) is 0 Å². The lowest BCUT2D eigenvalue weighted by atomic mass is 10.0.